The maximum absolute atomic E-state index is 4.35. The van der Waals surface area contributed by atoms with Crippen LogP contribution in [0.4, 0.5) is 0 Å². The monoisotopic (exact) mass is 250 g/mol. The Kier molecular flexibility index (Phi) is 4.78. The van der Waals surface area contributed by atoms with Crippen molar-refractivity contribution in [1.82, 2.24) is 20.0 Å². The Bertz CT molecular complexity index is 366. The van der Waals surface area contributed by atoms with Gasteiger partial charge in [0.05, 0.1) is 6.20 Å². The van der Waals surface area contributed by atoms with E-state index in [9.17, 15) is 0 Å². The highest BCUT2D eigenvalue weighted by Crippen LogP contribution is 2.16. The molecule has 18 heavy (non-hydrogen) atoms. The van der Waals surface area contributed by atoms with E-state index in [0.717, 1.165) is 13.1 Å². The topological polar surface area (TPSA) is 33.1 Å². The largest absolute Gasteiger partial charge is 0.315 e. The third kappa shape index (κ3) is 3.12. The Labute approximate surface area is 110 Å². The summed E-state index contributed by atoms with van der Waals surface area (Å²) < 4.78 is 1.97. The molecule has 1 unspecified atom stereocenters. The van der Waals surface area contributed by atoms with Crippen LogP contribution in [0.2, 0.25) is 0 Å². The summed E-state index contributed by atoms with van der Waals surface area (Å²) in [6, 6.07) is 0.693. The molecular weight excluding hydrogens is 224 g/mol. The van der Waals surface area contributed by atoms with Crippen molar-refractivity contribution in [2.45, 2.75) is 45.7 Å². The van der Waals surface area contributed by atoms with Gasteiger partial charge in [0.15, 0.2) is 0 Å². The van der Waals surface area contributed by atoms with Gasteiger partial charge in [-0.1, -0.05) is 6.92 Å². The zero-order chi connectivity index (χ0) is 13.0. The molecule has 1 atom stereocenters. The summed E-state index contributed by atoms with van der Waals surface area (Å²) in [5.74, 6) is 0. The average Bonchev–Trinajstić information content (AvgIpc) is 2.71. The molecule has 4 heteroatoms. The van der Waals surface area contributed by atoms with Gasteiger partial charge < -0.3 is 5.32 Å². The molecule has 1 aromatic rings. The number of hydrogen-bond donors (Lipinski definition) is 1. The minimum Gasteiger partial charge on any atom is -0.315 e. The highest BCUT2D eigenvalue weighted by Gasteiger charge is 2.21. The molecule has 1 aliphatic heterocycles. The predicted molar refractivity (Wildman–Crippen MR) is 74.5 cm³/mol. The first-order chi connectivity index (χ1) is 8.72. The molecule has 0 radical (unpaired) electrons. The average molecular weight is 250 g/mol. The number of piperidine rings is 1. The van der Waals surface area contributed by atoms with E-state index < -0.39 is 0 Å². The maximum atomic E-state index is 4.35. The van der Waals surface area contributed by atoms with Crippen LogP contribution in [0.1, 0.15) is 37.4 Å². The molecule has 1 fully saturated rings. The first-order valence-corrected chi connectivity index (χ1v) is 7.14. The predicted octanol–water partition coefficient (Wildman–Crippen LogP) is 1.69. The molecule has 0 bridgehead atoms. The lowest BCUT2D eigenvalue weighted by atomic mass is 10.0. The number of aryl methyl sites for hydroxylation is 1. The first-order valence-electron chi connectivity index (χ1n) is 7.14. The maximum Gasteiger partial charge on any atom is 0.0537 e. The summed E-state index contributed by atoms with van der Waals surface area (Å²) in [4.78, 5) is 2.62. The summed E-state index contributed by atoms with van der Waals surface area (Å²) in [5, 5.41) is 7.87. The second kappa shape index (κ2) is 6.34. The summed E-state index contributed by atoms with van der Waals surface area (Å²) in [5.41, 5.74) is 2.66. The van der Waals surface area contributed by atoms with Crippen LogP contribution < -0.4 is 5.32 Å². The summed E-state index contributed by atoms with van der Waals surface area (Å²) in [6.07, 6.45) is 5.87. The van der Waals surface area contributed by atoms with E-state index in [4.69, 9.17) is 0 Å². The molecular formula is C14H26N4. The van der Waals surface area contributed by atoms with Crippen molar-refractivity contribution >= 4 is 0 Å². The molecule has 1 N–H and O–H groups in total. The zero-order valence-corrected chi connectivity index (χ0v) is 11.9. The molecule has 0 aliphatic carbocycles. The normalized spacial score (nSPS) is 20.6. The molecule has 2 rings (SSSR count). The summed E-state index contributed by atoms with van der Waals surface area (Å²) >= 11 is 0. The number of nitrogens with one attached hydrogen (secondary N) is 1. The van der Waals surface area contributed by atoms with E-state index in [1.165, 1.54) is 43.6 Å². The van der Waals surface area contributed by atoms with Crippen LogP contribution >= 0.6 is 0 Å². The first kappa shape index (κ1) is 13.6. The molecule has 102 valence electrons. The molecule has 0 aromatic carbocycles. The number of aromatic nitrogens is 2. The van der Waals surface area contributed by atoms with E-state index in [1.54, 1.807) is 0 Å². The molecule has 2 heterocycles. The van der Waals surface area contributed by atoms with Crippen molar-refractivity contribution in [1.29, 1.82) is 0 Å². The Balaban J connectivity index is 2.03. The van der Waals surface area contributed by atoms with Gasteiger partial charge in [-0.25, -0.2) is 0 Å². The van der Waals surface area contributed by atoms with Crippen LogP contribution in [0.5, 0.6) is 0 Å². The van der Waals surface area contributed by atoms with Crippen molar-refractivity contribution in [3.05, 3.63) is 17.5 Å². The standard InChI is InChI=1S/C14H26N4/c1-4-8-18(14-6-5-7-15-10-14)11-13-9-16-17(3)12(13)2/h9,14-15H,4-8,10-11H2,1-3H3. The lowest BCUT2D eigenvalue weighted by Gasteiger charge is -2.34. The molecule has 0 amide bonds. The van der Waals surface area contributed by atoms with Crippen LogP contribution in [-0.2, 0) is 13.6 Å². The molecule has 0 saturated carbocycles. The Morgan fingerprint density at radius 1 is 1.56 bits per heavy atom. The van der Waals surface area contributed by atoms with Gasteiger partial charge in [-0.15, -0.1) is 0 Å². The van der Waals surface area contributed by atoms with Crippen molar-refractivity contribution in [3.8, 4) is 0 Å². The fraction of sp³-hybridized carbons (Fsp3) is 0.786. The fourth-order valence-electron chi connectivity index (χ4n) is 2.74. The van der Waals surface area contributed by atoms with Gasteiger partial charge >= 0.3 is 0 Å². The summed E-state index contributed by atoms with van der Waals surface area (Å²) in [7, 11) is 2.02. The molecule has 1 aromatic heterocycles. The third-order valence-corrected chi connectivity index (χ3v) is 4.01. The lowest BCUT2D eigenvalue weighted by molar-refractivity contribution is 0.157. The molecule has 4 nitrogen and oxygen atoms in total. The van der Waals surface area contributed by atoms with Crippen molar-refractivity contribution in [2.24, 2.45) is 7.05 Å². The van der Waals surface area contributed by atoms with Gasteiger partial charge in [-0.3, -0.25) is 9.58 Å². The van der Waals surface area contributed by atoms with E-state index in [1.807, 2.05) is 17.9 Å². The van der Waals surface area contributed by atoms with Crippen molar-refractivity contribution < 1.29 is 0 Å². The molecule has 1 aliphatic rings. The van der Waals surface area contributed by atoms with Gasteiger partial charge in [0.25, 0.3) is 0 Å². The smallest absolute Gasteiger partial charge is 0.0537 e. The number of rotatable bonds is 5. The van der Waals surface area contributed by atoms with Crippen LogP contribution in [0.3, 0.4) is 0 Å². The van der Waals surface area contributed by atoms with Crippen LogP contribution in [-0.4, -0.2) is 40.4 Å². The third-order valence-electron chi connectivity index (χ3n) is 4.01. The highest BCUT2D eigenvalue weighted by atomic mass is 15.3. The SMILES string of the molecule is CCCN(Cc1cnn(C)c1C)C1CCCNC1. The summed E-state index contributed by atoms with van der Waals surface area (Å²) in [6.45, 7) is 8.97. The zero-order valence-electron chi connectivity index (χ0n) is 11.9. The van der Waals surface area contributed by atoms with E-state index in [-0.39, 0.29) is 0 Å². The van der Waals surface area contributed by atoms with Gasteiger partial charge in [-0.2, -0.15) is 5.10 Å². The van der Waals surface area contributed by atoms with Gasteiger partial charge in [0.2, 0.25) is 0 Å². The quantitative estimate of drug-likeness (QED) is 0.863. The Hall–Kier alpha value is -0.870. The second-order valence-corrected chi connectivity index (χ2v) is 5.35. The van der Waals surface area contributed by atoms with E-state index >= 15 is 0 Å². The number of nitrogens with zero attached hydrogens (tertiary/aromatic N) is 3. The molecule has 1 saturated heterocycles. The lowest BCUT2D eigenvalue weighted by Crippen LogP contribution is -2.45. The van der Waals surface area contributed by atoms with Gasteiger partial charge in [-0.05, 0) is 39.3 Å². The second-order valence-electron chi connectivity index (χ2n) is 5.35. The minimum atomic E-state index is 0.693. The minimum absolute atomic E-state index is 0.693. The van der Waals surface area contributed by atoms with Crippen molar-refractivity contribution in [2.75, 3.05) is 19.6 Å². The fourth-order valence-corrected chi connectivity index (χ4v) is 2.74. The van der Waals surface area contributed by atoms with Gasteiger partial charge in [0.1, 0.15) is 0 Å². The Morgan fingerprint density at radius 3 is 2.94 bits per heavy atom. The van der Waals surface area contributed by atoms with Gasteiger partial charge in [0, 0.05) is 37.4 Å². The van der Waals surface area contributed by atoms with E-state index in [2.05, 4.69) is 29.2 Å². The Morgan fingerprint density at radius 2 is 2.39 bits per heavy atom. The van der Waals surface area contributed by atoms with Crippen molar-refractivity contribution in [3.63, 3.8) is 0 Å². The molecule has 0 spiro atoms. The van der Waals surface area contributed by atoms with Crippen LogP contribution in [0, 0.1) is 6.92 Å². The van der Waals surface area contributed by atoms with Crippen LogP contribution in [0.15, 0.2) is 6.20 Å². The van der Waals surface area contributed by atoms with E-state index in [0.29, 0.717) is 6.04 Å². The van der Waals surface area contributed by atoms with Crippen LogP contribution in [0.25, 0.3) is 0 Å². The highest BCUT2D eigenvalue weighted by molar-refractivity contribution is 5.15. The number of hydrogen-bond acceptors (Lipinski definition) is 3.